The predicted octanol–water partition coefficient (Wildman–Crippen LogP) is 2.70. The molecule has 108 valence electrons. The Balaban J connectivity index is 1.66. The average Bonchev–Trinajstić information content (AvgIpc) is 2.54. The van der Waals surface area contributed by atoms with Crippen molar-refractivity contribution in [2.24, 2.45) is 23.2 Å². The van der Waals surface area contributed by atoms with E-state index in [1.807, 2.05) is 14.1 Å². The minimum Gasteiger partial charge on any atom is -0.464 e. The average molecular weight is 265 g/mol. The lowest BCUT2D eigenvalue weighted by molar-refractivity contribution is -0.161. The van der Waals surface area contributed by atoms with Gasteiger partial charge in [0.25, 0.3) is 0 Å². The SMILES string of the molecule is CN(C)CCOC(=O)C12CCC3C[C@@H](C[C@H](C3)C1)C2. The van der Waals surface area contributed by atoms with Gasteiger partial charge in [0.05, 0.1) is 5.41 Å². The largest absolute Gasteiger partial charge is 0.464 e. The lowest BCUT2D eigenvalue weighted by Crippen LogP contribution is -2.41. The highest BCUT2D eigenvalue weighted by molar-refractivity contribution is 5.77. The van der Waals surface area contributed by atoms with Crippen LogP contribution in [0.2, 0.25) is 0 Å². The molecule has 4 aliphatic rings. The van der Waals surface area contributed by atoms with Crippen LogP contribution in [0.15, 0.2) is 0 Å². The molecule has 0 saturated heterocycles. The second kappa shape index (κ2) is 5.08. The van der Waals surface area contributed by atoms with Crippen LogP contribution in [0.1, 0.15) is 44.9 Å². The van der Waals surface area contributed by atoms with Crippen LogP contribution in [0.4, 0.5) is 0 Å². The molecule has 0 aromatic rings. The smallest absolute Gasteiger partial charge is 0.312 e. The standard InChI is InChI=1S/C16H27NO2/c1-17(2)5-6-19-15(18)16-4-3-12-7-13(10-16)9-14(8-12)11-16/h12-14H,3-11H2,1-2H3/t12?,13-,14-,16?/m0/s1. The van der Waals surface area contributed by atoms with Crippen molar-refractivity contribution in [3.63, 3.8) is 0 Å². The van der Waals surface area contributed by atoms with Gasteiger partial charge in [0, 0.05) is 6.54 Å². The van der Waals surface area contributed by atoms with Crippen LogP contribution < -0.4 is 0 Å². The van der Waals surface area contributed by atoms with Gasteiger partial charge in [-0.2, -0.15) is 0 Å². The molecule has 0 unspecified atom stereocenters. The minimum absolute atomic E-state index is 0.106. The maximum absolute atomic E-state index is 12.6. The molecule has 0 N–H and O–H groups in total. The highest BCUT2D eigenvalue weighted by atomic mass is 16.5. The molecule has 0 aliphatic heterocycles. The molecule has 19 heavy (non-hydrogen) atoms. The van der Waals surface area contributed by atoms with E-state index in [1.165, 1.54) is 25.7 Å². The van der Waals surface area contributed by atoms with Crippen LogP contribution in [0.5, 0.6) is 0 Å². The van der Waals surface area contributed by atoms with Gasteiger partial charge in [0.15, 0.2) is 0 Å². The van der Waals surface area contributed by atoms with Crippen molar-refractivity contribution in [3.8, 4) is 0 Å². The van der Waals surface area contributed by atoms with Gasteiger partial charge in [-0.05, 0) is 76.8 Å². The summed E-state index contributed by atoms with van der Waals surface area (Å²) in [6.07, 6.45) is 8.71. The molecule has 0 heterocycles. The first-order chi connectivity index (χ1) is 9.07. The third-order valence-corrected chi connectivity index (χ3v) is 5.59. The number of carbonyl (C=O) groups excluding carboxylic acids is 1. The molecule has 0 amide bonds. The third kappa shape index (κ3) is 2.67. The van der Waals surface area contributed by atoms with E-state index in [0.717, 1.165) is 43.6 Å². The van der Waals surface area contributed by atoms with E-state index in [1.54, 1.807) is 0 Å². The first-order valence-corrected chi connectivity index (χ1v) is 7.89. The van der Waals surface area contributed by atoms with Crippen molar-refractivity contribution in [1.82, 2.24) is 4.90 Å². The molecule has 4 fully saturated rings. The Morgan fingerprint density at radius 3 is 2.42 bits per heavy atom. The number of fused-ring (bicyclic) bond motifs is 1. The Morgan fingerprint density at radius 1 is 1.16 bits per heavy atom. The van der Waals surface area contributed by atoms with Crippen molar-refractivity contribution >= 4 is 5.97 Å². The Bertz CT molecular complexity index is 339. The van der Waals surface area contributed by atoms with Crippen molar-refractivity contribution < 1.29 is 9.53 Å². The minimum atomic E-state index is -0.106. The molecule has 3 nitrogen and oxygen atoms in total. The van der Waals surface area contributed by atoms with Crippen molar-refractivity contribution in [2.75, 3.05) is 27.2 Å². The topological polar surface area (TPSA) is 29.5 Å². The maximum atomic E-state index is 12.6. The molecule has 0 spiro atoms. The Hall–Kier alpha value is -0.570. The van der Waals surface area contributed by atoms with Crippen LogP contribution in [0, 0.1) is 23.2 Å². The highest BCUT2D eigenvalue weighted by Crippen LogP contribution is 2.57. The molecule has 4 rings (SSSR count). The van der Waals surface area contributed by atoms with Gasteiger partial charge in [-0.1, -0.05) is 0 Å². The van der Waals surface area contributed by atoms with E-state index in [9.17, 15) is 4.79 Å². The fourth-order valence-electron chi connectivity index (χ4n) is 4.89. The summed E-state index contributed by atoms with van der Waals surface area (Å²) < 4.78 is 5.61. The van der Waals surface area contributed by atoms with Crippen LogP contribution in [0.25, 0.3) is 0 Å². The summed E-state index contributed by atoms with van der Waals surface area (Å²) in [7, 11) is 4.03. The van der Waals surface area contributed by atoms with E-state index in [0.29, 0.717) is 6.61 Å². The molecule has 0 aromatic heterocycles. The predicted molar refractivity (Wildman–Crippen MR) is 74.7 cm³/mol. The van der Waals surface area contributed by atoms with Gasteiger partial charge < -0.3 is 9.64 Å². The number of hydrogen-bond acceptors (Lipinski definition) is 3. The molecule has 4 saturated carbocycles. The van der Waals surface area contributed by atoms with E-state index in [4.69, 9.17) is 4.74 Å². The number of nitrogens with zero attached hydrogens (tertiary/aromatic N) is 1. The zero-order valence-electron chi connectivity index (χ0n) is 12.4. The van der Waals surface area contributed by atoms with Crippen LogP contribution in [-0.4, -0.2) is 38.1 Å². The third-order valence-electron chi connectivity index (χ3n) is 5.59. The number of likely N-dealkylation sites (N-methyl/N-ethyl adjacent to an activating group) is 1. The molecule has 4 aliphatic carbocycles. The van der Waals surface area contributed by atoms with Gasteiger partial charge in [-0.3, -0.25) is 4.79 Å². The number of esters is 1. The monoisotopic (exact) mass is 265 g/mol. The fourth-order valence-corrected chi connectivity index (χ4v) is 4.89. The highest BCUT2D eigenvalue weighted by Gasteiger charge is 2.52. The first kappa shape index (κ1) is 13.4. The lowest BCUT2D eigenvalue weighted by Gasteiger charge is -2.43. The summed E-state index contributed by atoms with van der Waals surface area (Å²) in [5.74, 6) is 2.64. The van der Waals surface area contributed by atoms with Crippen molar-refractivity contribution in [2.45, 2.75) is 44.9 Å². The van der Waals surface area contributed by atoms with Crippen molar-refractivity contribution in [1.29, 1.82) is 0 Å². The van der Waals surface area contributed by atoms with Crippen LogP contribution >= 0.6 is 0 Å². The normalized spacial score (nSPS) is 40.5. The van der Waals surface area contributed by atoms with Crippen LogP contribution in [0.3, 0.4) is 0 Å². The van der Waals surface area contributed by atoms with Gasteiger partial charge in [-0.15, -0.1) is 0 Å². The molecule has 3 heteroatoms. The summed E-state index contributed by atoms with van der Waals surface area (Å²) in [6.45, 7) is 1.38. The van der Waals surface area contributed by atoms with Gasteiger partial charge in [0.1, 0.15) is 6.61 Å². The zero-order chi connectivity index (χ0) is 13.5. The summed E-state index contributed by atoms with van der Waals surface area (Å²) in [4.78, 5) is 14.7. The second-order valence-electron chi connectivity index (χ2n) is 7.47. The maximum Gasteiger partial charge on any atom is 0.312 e. The van der Waals surface area contributed by atoms with Gasteiger partial charge in [-0.25, -0.2) is 0 Å². The van der Waals surface area contributed by atoms with E-state index >= 15 is 0 Å². The number of carbonyl (C=O) groups is 1. The number of rotatable bonds is 4. The molecular formula is C16H27NO2. The Labute approximate surface area is 116 Å². The van der Waals surface area contributed by atoms with Gasteiger partial charge in [0.2, 0.25) is 0 Å². The van der Waals surface area contributed by atoms with Crippen LogP contribution in [-0.2, 0) is 9.53 Å². The van der Waals surface area contributed by atoms with Gasteiger partial charge >= 0.3 is 5.97 Å². The number of ether oxygens (including phenoxy) is 1. The number of hydrogen-bond donors (Lipinski definition) is 0. The molecule has 0 aromatic carbocycles. The molecule has 4 bridgehead atoms. The zero-order valence-corrected chi connectivity index (χ0v) is 12.4. The summed E-state index contributed by atoms with van der Waals surface area (Å²) >= 11 is 0. The van der Waals surface area contributed by atoms with E-state index < -0.39 is 0 Å². The Morgan fingerprint density at radius 2 is 1.79 bits per heavy atom. The quantitative estimate of drug-likeness (QED) is 0.732. The fraction of sp³-hybridized carbons (Fsp3) is 0.938. The summed E-state index contributed by atoms with van der Waals surface area (Å²) in [6, 6.07) is 0. The van der Waals surface area contributed by atoms with E-state index in [-0.39, 0.29) is 11.4 Å². The second-order valence-corrected chi connectivity index (χ2v) is 7.47. The lowest BCUT2D eigenvalue weighted by atomic mass is 9.61. The first-order valence-electron chi connectivity index (χ1n) is 7.89. The summed E-state index contributed by atoms with van der Waals surface area (Å²) in [5, 5.41) is 0. The summed E-state index contributed by atoms with van der Waals surface area (Å²) in [5.41, 5.74) is -0.106. The van der Waals surface area contributed by atoms with Crippen molar-refractivity contribution in [3.05, 3.63) is 0 Å². The molecular weight excluding hydrogens is 238 g/mol. The molecule has 2 atom stereocenters. The Kier molecular flexibility index (Phi) is 3.59. The molecule has 0 radical (unpaired) electrons. The van der Waals surface area contributed by atoms with E-state index in [2.05, 4.69) is 4.90 Å².